The molecule has 0 aliphatic carbocycles. The summed E-state index contributed by atoms with van der Waals surface area (Å²) in [6.45, 7) is 3.97. The molecule has 186 valence electrons. The predicted octanol–water partition coefficient (Wildman–Crippen LogP) is 5.10. The van der Waals surface area contributed by atoms with Gasteiger partial charge in [-0.2, -0.15) is 0 Å². The maximum absolute atomic E-state index is 15.4. The van der Waals surface area contributed by atoms with E-state index in [4.69, 9.17) is 0 Å². The van der Waals surface area contributed by atoms with Crippen LogP contribution in [0.15, 0.2) is 70.3 Å². The Balaban J connectivity index is 1.90. The van der Waals surface area contributed by atoms with Crippen LogP contribution in [0, 0.1) is 25.5 Å². The Morgan fingerprint density at radius 1 is 0.865 bits per heavy atom. The first kappa shape index (κ1) is 23.0. The third kappa shape index (κ3) is 3.21. The molecule has 0 radical (unpaired) electrons. The van der Waals surface area contributed by atoms with Gasteiger partial charge in [-0.3, -0.25) is 13.9 Å². The summed E-state index contributed by atoms with van der Waals surface area (Å²) in [4.78, 5) is 26.8. The lowest BCUT2D eigenvalue weighted by Crippen LogP contribution is -2.37. The van der Waals surface area contributed by atoms with Gasteiger partial charge in [0.2, 0.25) is 0 Å². The third-order valence-corrected chi connectivity index (χ3v) is 7.35. The Morgan fingerprint density at radius 2 is 1.59 bits per heavy atom. The summed E-state index contributed by atoms with van der Waals surface area (Å²) >= 11 is 0. The molecule has 0 amide bonds. The van der Waals surface area contributed by atoms with Gasteiger partial charge in [0, 0.05) is 19.7 Å². The van der Waals surface area contributed by atoms with Crippen LogP contribution in [0.3, 0.4) is 0 Å². The van der Waals surface area contributed by atoms with E-state index in [1.54, 1.807) is 37.4 Å². The maximum Gasteiger partial charge on any atom is 0.331 e. The van der Waals surface area contributed by atoms with Gasteiger partial charge in [0.25, 0.3) is 5.56 Å². The van der Waals surface area contributed by atoms with Crippen LogP contribution in [0.5, 0.6) is 0 Å². The van der Waals surface area contributed by atoms with Crippen LogP contribution in [0.2, 0.25) is 0 Å². The number of fused-ring (bicyclic) bond motifs is 5. The third-order valence-electron chi connectivity index (χ3n) is 7.35. The first-order chi connectivity index (χ1) is 17.7. The normalized spacial score (nSPS) is 14.4. The second-order valence-corrected chi connectivity index (χ2v) is 9.56. The summed E-state index contributed by atoms with van der Waals surface area (Å²) in [5.41, 5.74) is 4.62. The van der Waals surface area contributed by atoms with Gasteiger partial charge in [-0.25, -0.2) is 13.6 Å². The van der Waals surface area contributed by atoms with E-state index in [1.165, 1.54) is 29.8 Å². The molecule has 8 heteroatoms. The number of halogens is 2. The standard InChI is InChI=1S/C29H24F2N4O2/c1-15-12-21-22(13-16(15)2)35-25(19-10-5-6-11-20(19)31)23-26(33(3)29(37)34(4)28(23)36)27(35)24(32-21)17-8-7-9-18(30)14-17/h5-14,24,32H,1-4H3. The molecule has 6 rings (SSSR count). The number of aromatic nitrogens is 3. The highest BCUT2D eigenvalue weighted by atomic mass is 19.1. The van der Waals surface area contributed by atoms with E-state index in [2.05, 4.69) is 5.32 Å². The van der Waals surface area contributed by atoms with Crippen LogP contribution in [-0.2, 0) is 14.1 Å². The van der Waals surface area contributed by atoms with Crippen molar-refractivity contribution in [1.82, 2.24) is 13.7 Å². The quantitative estimate of drug-likeness (QED) is 0.368. The minimum atomic E-state index is -0.619. The molecule has 0 spiro atoms. The van der Waals surface area contributed by atoms with Crippen molar-refractivity contribution in [2.75, 3.05) is 5.32 Å². The molecule has 1 N–H and O–H groups in total. The Kier molecular flexibility index (Phi) is 4.98. The molecule has 2 aromatic heterocycles. The molecule has 37 heavy (non-hydrogen) atoms. The fourth-order valence-corrected chi connectivity index (χ4v) is 5.37. The number of nitrogens with one attached hydrogen (secondary N) is 1. The van der Waals surface area contributed by atoms with E-state index in [0.29, 0.717) is 22.5 Å². The maximum atomic E-state index is 15.4. The van der Waals surface area contributed by atoms with Crippen LogP contribution in [-0.4, -0.2) is 13.7 Å². The Labute approximate surface area is 211 Å². The highest BCUT2D eigenvalue weighted by Crippen LogP contribution is 2.46. The van der Waals surface area contributed by atoms with E-state index in [0.717, 1.165) is 27.1 Å². The van der Waals surface area contributed by atoms with Crippen molar-refractivity contribution in [2.45, 2.75) is 19.9 Å². The van der Waals surface area contributed by atoms with E-state index in [1.807, 2.05) is 30.5 Å². The second kappa shape index (κ2) is 8.03. The van der Waals surface area contributed by atoms with Crippen molar-refractivity contribution in [3.8, 4) is 16.9 Å². The molecule has 3 heterocycles. The zero-order valence-corrected chi connectivity index (χ0v) is 20.8. The van der Waals surface area contributed by atoms with Gasteiger partial charge in [0.15, 0.2) is 0 Å². The molecule has 0 saturated carbocycles. The minimum Gasteiger partial charge on any atom is -0.371 e. The van der Waals surface area contributed by atoms with Gasteiger partial charge in [0.05, 0.1) is 39.7 Å². The molecule has 5 aromatic rings. The summed E-state index contributed by atoms with van der Waals surface area (Å²) < 4.78 is 34.1. The summed E-state index contributed by atoms with van der Waals surface area (Å²) in [5.74, 6) is -0.904. The average Bonchev–Trinajstić information content (AvgIpc) is 3.23. The Hall–Kier alpha value is -4.46. The smallest absolute Gasteiger partial charge is 0.331 e. The predicted molar refractivity (Wildman–Crippen MR) is 140 cm³/mol. The number of nitrogens with zero attached hydrogens (tertiary/aromatic N) is 3. The fourth-order valence-electron chi connectivity index (χ4n) is 5.37. The van der Waals surface area contributed by atoms with Crippen molar-refractivity contribution >= 4 is 16.6 Å². The molecular weight excluding hydrogens is 474 g/mol. The molecule has 0 bridgehead atoms. The summed E-state index contributed by atoms with van der Waals surface area (Å²) in [5, 5.41) is 3.73. The summed E-state index contributed by atoms with van der Waals surface area (Å²) in [6.07, 6.45) is 0. The Morgan fingerprint density at radius 3 is 2.32 bits per heavy atom. The molecule has 3 aromatic carbocycles. The van der Waals surface area contributed by atoms with Crippen molar-refractivity contribution in [3.05, 3.63) is 116 Å². The lowest BCUT2D eigenvalue weighted by Gasteiger charge is -2.32. The summed E-state index contributed by atoms with van der Waals surface area (Å²) in [7, 11) is 3.00. The second-order valence-electron chi connectivity index (χ2n) is 9.56. The van der Waals surface area contributed by atoms with Gasteiger partial charge < -0.3 is 9.88 Å². The largest absolute Gasteiger partial charge is 0.371 e. The number of benzene rings is 3. The molecule has 0 saturated heterocycles. The topological polar surface area (TPSA) is 61.0 Å². The number of hydrogen-bond acceptors (Lipinski definition) is 3. The molecule has 1 aliphatic heterocycles. The molecule has 1 atom stereocenters. The van der Waals surface area contributed by atoms with Gasteiger partial charge in [-0.15, -0.1) is 0 Å². The molecule has 0 fully saturated rings. The van der Waals surface area contributed by atoms with Gasteiger partial charge in [0.1, 0.15) is 11.6 Å². The van der Waals surface area contributed by atoms with Crippen LogP contribution >= 0.6 is 0 Å². The Bertz CT molecular complexity index is 1880. The lowest BCUT2D eigenvalue weighted by molar-refractivity contribution is 0.623. The van der Waals surface area contributed by atoms with Gasteiger partial charge in [-0.05, 0) is 66.9 Å². The van der Waals surface area contributed by atoms with Crippen molar-refractivity contribution < 1.29 is 8.78 Å². The van der Waals surface area contributed by atoms with Crippen LogP contribution < -0.4 is 16.6 Å². The first-order valence-corrected chi connectivity index (χ1v) is 11.9. The lowest BCUT2D eigenvalue weighted by atomic mass is 9.98. The first-order valence-electron chi connectivity index (χ1n) is 11.9. The van der Waals surface area contributed by atoms with Gasteiger partial charge in [-0.1, -0.05) is 24.3 Å². The number of anilines is 1. The van der Waals surface area contributed by atoms with Crippen LogP contribution in [0.1, 0.15) is 28.4 Å². The van der Waals surface area contributed by atoms with E-state index < -0.39 is 28.9 Å². The van der Waals surface area contributed by atoms with Crippen LogP contribution in [0.4, 0.5) is 14.5 Å². The molecule has 6 nitrogen and oxygen atoms in total. The fraction of sp³-hybridized carbons (Fsp3) is 0.172. The van der Waals surface area contributed by atoms with E-state index >= 15 is 4.39 Å². The highest BCUT2D eigenvalue weighted by molar-refractivity contribution is 5.99. The highest BCUT2D eigenvalue weighted by Gasteiger charge is 2.35. The average molecular weight is 499 g/mol. The monoisotopic (exact) mass is 498 g/mol. The minimum absolute atomic E-state index is 0.221. The van der Waals surface area contributed by atoms with Crippen molar-refractivity contribution in [1.29, 1.82) is 0 Å². The van der Waals surface area contributed by atoms with Crippen molar-refractivity contribution in [3.63, 3.8) is 0 Å². The van der Waals surface area contributed by atoms with E-state index in [9.17, 15) is 14.0 Å². The SMILES string of the molecule is Cc1cc2c(cc1C)-n1c(-c3ccccc3F)c3c(=O)n(C)c(=O)n(C)c3c1C(c1cccc(F)c1)N2. The zero-order chi connectivity index (χ0) is 26.2. The number of aryl methyl sites for hydroxylation is 3. The molecule has 1 unspecified atom stereocenters. The zero-order valence-electron chi connectivity index (χ0n) is 20.8. The van der Waals surface area contributed by atoms with E-state index in [-0.39, 0.29) is 10.9 Å². The summed E-state index contributed by atoms with van der Waals surface area (Å²) in [6, 6.07) is 15.8. The van der Waals surface area contributed by atoms with Crippen molar-refractivity contribution in [2.24, 2.45) is 14.1 Å². The van der Waals surface area contributed by atoms with Crippen LogP contribution in [0.25, 0.3) is 27.8 Å². The molecule has 1 aliphatic rings. The number of rotatable bonds is 2. The van der Waals surface area contributed by atoms with Gasteiger partial charge >= 0.3 is 5.69 Å². The number of hydrogen-bond donors (Lipinski definition) is 1. The molecular formula is C29H24F2N4O2.